The number of hydrogen-bond donors (Lipinski definition) is 1. The first-order valence-electron chi connectivity index (χ1n) is 7.37. The van der Waals surface area contributed by atoms with Gasteiger partial charge in [-0.05, 0) is 45.4 Å². The minimum absolute atomic E-state index is 0.436. The number of benzene rings is 1. The smallest absolute Gasteiger partial charge is 0.337 e. The first kappa shape index (κ1) is 13.4. The maximum absolute atomic E-state index is 11.5. The fourth-order valence-corrected chi connectivity index (χ4v) is 3.62. The van der Waals surface area contributed by atoms with Gasteiger partial charge in [0.2, 0.25) is 0 Å². The fourth-order valence-electron chi connectivity index (χ4n) is 3.62. The van der Waals surface area contributed by atoms with Crippen molar-refractivity contribution in [1.82, 2.24) is 4.90 Å². The van der Waals surface area contributed by atoms with Crippen LogP contribution in [-0.4, -0.2) is 48.2 Å². The number of nitrogens with zero attached hydrogens (tertiary/aromatic N) is 2. The van der Waals surface area contributed by atoms with Crippen LogP contribution < -0.4 is 4.90 Å². The first-order valence-corrected chi connectivity index (χ1v) is 7.37. The van der Waals surface area contributed by atoms with E-state index in [1.165, 1.54) is 12.8 Å². The Morgan fingerprint density at radius 2 is 2.00 bits per heavy atom. The van der Waals surface area contributed by atoms with Gasteiger partial charge in [-0.1, -0.05) is 11.6 Å². The van der Waals surface area contributed by atoms with Crippen molar-refractivity contribution in [2.24, 2.45) is 0 Å². The summed E-state index contributed by atoms with van der Waals surface area (Å²) in [4.78, 5) is 16.2. The van der Waals surface area contributed by atoms with Gasteiger partial charge in [0, 0.05) is 25.2 Å². The van der Waals surface area contributed by atoms with E-state index in [0.717, 1.165) is 30.8 Å². The summed E-state index contributed by atoms with van der Waals surface area (Å²) >= 11 is 0. The van der Waals surface area contributed by atoms with Crippen molar-refractivity contribution >= 4 is 11.7 Å². The van der Waals surface area contributed by atoms with Crippen LogP contribution >= 0.6 is 0 Å². The molecular weight excluding hydrogens is 252 g/mol. The Morgan fingerprint density at radius 3 is 2.75 bits per heavy atom. The van der Waals surface area contributed by atoms with Crippen molar-refractivity contribution in [2.75, 3.05) is 25.0 Å². The second kappa shape index (κ2) is 5.09. The SMILES string of the molecule is Cc1ccc(N2CCC3CCC(C2)N3C)c(C(=O)O)c1. The molecule has 3 rings (SSSR count). The van der Waals surface area contributed by atoms with Crippen LogP contribution in [0.25, 0.3) is 0 Å². The molecule has 0 aromatic heterocycles. The minimum atomic E-state index is -0.827. The average molecular weight is 274 g/mol. The number of aromatic carboxylic acids is 1. The molecule has 4 heteroatoms. The van der Waals surface area contributed by atoms with Crippen molar-refractivity contribution < 1.29 is 9.90 Å². The van der Waals surface area contributed by atoms with E-state index in [2.05, 4.69) is 16.8 Å². The zero-order valence-electron chi connectivity index (χ0n) is 12.2. The first-order chi connectivity index (χ1) is 9.56. The van der Waals surface area contributed by atoms with Gasteiger partial charge in [0.05, 0.1) is 11.3 Å². The summed E-state index contributed by atoms with van der Waals surface area (Å²) in [6, 6.07) is 6.99. The molecule has 1 N–H and O–H groups in total. The van der Waals surface area contributed by atoms with E-state index in [4.69, 9.17) is 0 Å². The van der Waals surface area contributed by atoms with E-state index in [-0.39, 0.29) is 0 Å². The van der Waals surface area contributed by atoms with E-state index in [1.807, 2.05) is 19.1 Å². The number of carboxylic acid groups (broad SMARTS) is 1. The zero-order chi connectivity index (χ0) is 14.3. The van der Waals surface area contributed by atoms with Gasteiger partial charge in [0.25, 0.3) is 0 Å². The van der Waals surface area contributed by atoms with Crippen LogP contribution in [0.5, 0.6) is 0 Å². The Balaban J connectivity index is 1.91. The molecule has 0 spiro atoms. The third kappa shape index (κ3) is 2.29. The Morgan fingerprint density at radius 1 is 1.25 bits per heavy atom. The van der Waals surface area contributed by atoms with Crippen LogP contribution in [-0.2, 0) is 0 Å². The van der Waals surface area contributed by atoms with Crippen LogP contribution in [0.15, 0.2) is 18.2 Å². The van der Waals surface area contributed by atoms with Crippen LogP contribution in [0.1, 0.15) is 35.2 Å². The van der Waals surface area contributed by atoms with Crippen LogP contribution in [0, 0.1) is 6.92 Å². The van der Waals surface area contributed by atoms with E-state index in [0.29, 0.717) is 17.6 Å². The molecule has 2 saturated heterocycles. The highest BCUT2D eigenvalue weighted by molar-refractivity contribution is 5.94. The van der Waals surface area contributed by atoms with Gasteiger partial charge < -0.3 is 10.0 Å². The summed E-state index contributed by atoms with van der Waals surface area (Å²) in [6.45, 7) is 3.83. The van der Waals surface area contributed by atoms with Gasteiger partial charge in [0.1, 0.15) is 0 Å². The number of rotatable bonds is 2. The van der Waals surface area contributed by atoms with Crippen molar-refractivity contribution in [3.05, 3.63) is 29.3 Å². The van der Waals surface area contributed by atoms with Crippen molar-refractivity contribution in [1.29, 1.82) is 0 Å². The van der Waals surface area contributed by atoms with Crippen LogP contribution in [0.2, 0.25) is 0 Å². The normalized spacial score (nSPS) is 26.6. The number of carboxylic acids is 1. The Bertz CT molecular complexity index is 529. The highest BCUT2D eigenvalue weighted by Crippen LogP contribution is 2.32. The molecular formula is C16H22N2O2. The molecule has 2 aliphatic rings. The zero-order valence-corrected chi connectivity index (χ0v) is 12.2. The monoisotopic (exact) mass is 274 g/mol. The molecule has 1 aromatic carbocycles. The van der Waals surface area contributed by atoms with E-state index < -0.39 is 5.97 Å². The number of fused-ring (bicyclic) bond motifs is 2. The number of anilines is 1. The number of aryl methyl sites for hydroxylation is 1. The quantitative estimate of drug-likeness (QED) is 0.899. The molecule has 2 fully saturated rings. The number of carbonyl (C=O) groups is 1. The van der Waals surface area contributed by atoms with Gasteiger partial charge >= 0.3 is 5.97 Å². The number of hydrogen-bond acceptors (Lipinski definition) is 3. The van der Waals surface area contributed by atoms with E-state index >= 15 is 0 Å². The lowest BCUT2D eigenvalue weighted by atomic mass is 10.0. The summed E-state index contributed by atoms with van der Waals surface area (Å²) in [5, 5.41) is 9.44. The molecule has 20 heavy (non-hydrogen) atoms. The minimum Gasteiger partial charge on any atom is -0.478 e. The lowest BCUT2D eigenvalue weighted by molar-refractivity contribution is 0.0697. The predicted molar refractivity (Wildman–Crippen MR) is 79.5 cm³/mol. The molecule has 2 aliphatic heterocycles. The van der Waals surface area contributed by atoms with E-state index in [9.17, 15) is 9.90 Å². The molecule has 0 amide bonds. The second-order valence-corrected chi connectivity index (χ2v) is 6.11. The molecule has 0 radical (unpaired) electrons. The molecule has 2 heterocycles. The van der Waals surface area contributed by atoms with E-state index in [1.54, 1.807) is 6.07 Å². The molecule has 108 valence electrons. The van der Waals surface area contributed by atoms with Gasteiger partial charge in [-0.25, -0.2) is 4.79 Å². The molecule has 2 atom stereocenters. The summed E-state index contributed by atoms with van der Waals surface area (Å²) in [5.74, 6) is -0.827. The average Bonchev–Trinajstić information content (AvgIpc) is 2.64. The third-order valence-electron chi connectivity index (χ3n) is 4.87. The Hall–Kier alpha value is -1.55. The van der Waals surface area contributed by atoms with Crippen LogP contribution in [0.3, 0.4) is 0 Å². The van der Waals surface area contributed by atoms with Gasteiger partial charge in [0.15, 0.2) is 0 Å². The number of likely N-dealkylation sites (N-methyl/N-ethyl adjacent to an activating group) is 1. The molecule has 4 nitrogen and oxygen atoms in total. The highest BCUT2D eigenvalue weighted by atomic mass is 16.4. The summed E-state index contributed by atoms with van der Waals surface area (Å²) in [5.41, 5.74) is 2.31. The topological polar surface area (TPSA) is 43.8 Å². The Labute approximate surface area is 120 Å². The lowest BCUT2D eigenvalue weighted by Crippen LogP contribution is -2.37. The van der Waals surface area contributed by atoms with Crippen molar-refractivity contribution in [3.63, 3.8) is 0 Å². The Kier molecular flexibility index (Phi) is 3.42. The molecule has 2 bridgehead atoms. The maximum atomic E-state index is 11.5. The highest BCUT2D eigenvalue weighted by Gasteiger charge is 2.35. The lowest BCUT2D eigenvalue weighted by Gasteiger charge is -2.28. The maximum Gasteiger partial charge on any atom is 0.337 e. The van der Waals surface area contributed by atoms with Gasteiger partial charge in [-0.3, -0.25) is 4.90 Å². The predicted octanol–water partition coefficient (Wildman–Crippen LogP) is 2.37. The fraction of sp³-hybridized carbons (Fsp3) is 0.562. The van der Waals surface area contributed by atoms with Crippen molar-refractivity contribution in [3.8, 4) is 0 Å². The summed E-state index contributed by atoms with van der Waals surface area (Å²) < 4.78 is 0. The van der Waals surface area contributed by atoms with Gasteiger partial charge in [-0.2, -0.15) is 0 Å². The molecule has 2 unspecified atom stereocenters. The molecule has 0 aliphatic carbocycles. The standard InChI is InChI=1S/C16H22N2O2/c1-11-3-6-15(14(9-11)16(19)20)18-8-7-12-4-5-13(10-18)17(12)2/h3,6,9,12-13H,4-5,7-8,10H2,1-2H3,(H,19,20). The summed E-state index contributed by atoms with van der Waals surface area (Å²) in [7, 11) is 2.21. The molecule has 0 saturated carbocycles. The van der Waals surface area contributed by atoms with Crippen molar-refractivity contribution in [2.45, 2.75) is 38.3 Å². The second-order valence-electron chi connectivity index (χ2n) is 6.11. The summed E-state index contributed by atoms with van der Waals surface area (Å²) in [6.07, 6.45) is 3.64. The van der Waals surface area contributed by atoms with Gasteiger partial charge in [-0.15, -0.1) is 0 Å². The van der Waals surface area contributed by atoms with Crippen LogP contribution in [0.4, 0.5) is 5.69 Å². The third-order valence-corrected chi connectivity index (χ3v) is 4.87. The largest absolute Gasteiger partial charge is 0.478 e. The molecule has 1 aromatic rings.